The van der Waals surface area contributed by atoms with Gasteiger partial charge in [0, 0.05) is 22.7 Å². The molecular weight excluding hydrogens is 370 g/mol. The Kier molecular flexibility index (Phi) is 4.96. The molecule has 5 nitrogen and oxygen atoms in total. The van der Waals surface area contributed by atoms with Gasteiger partial charge in [-0.2, -0.15) is 4.57 Å². The number of para-hydroxylation sites is 1. The number of nitrogens with one attached hydrogen (secondary N) is 1. The molecule has 0 radical (unpaired) electrons. The second-order valence-electron chi connectivity index (χ2n) is 7.01. The highest BCUT2D eigenvalue weighted by Crippen LogP contribution is 2.28. The molecule has 1 aliphatic rings. The van der Waals surface area contributed by atoms with Crippen LogP contribution in [-0.2, 0) is 22.7 Å². The number of hydrogen-bond donors (Lipinski definition) is 1. The number of carbonyl (C=O) groups is 2. The van der Waals surface area contributed by atoms with Crippen molar-refractivity contribution in [3.63, 3.8) is 0 Å². The van der Waals surface area contributed by atoms with Crippen LogP contribution in [0.1, 0.15) is 27.7 Å². The molecule has 0 saturated carbocycles. The van der Waals surface area contributed by atoms with Crippen LogP contribution in [0.4, 0.5) is 5.69 Å². The maximum atomic E-state index is 13.4. The number of rotatable bonds is 4. The van der Waals surface area contributed by atoms with Gasteiger partial charge in [0.25, 0.3) is 11.8 Å². The van der Waals surface area contributed by atoms with Gasteiger partial charge in [-0.15, -0.1) is 11.3 Å². The predicted octanol–water partition coefficient (Wildman–Crippen LogP) is 3.37. The van der Waals surface area contributed by atoms with E-state index >= 15 is 0 Å². The lowest BCUT2D eigenvalue weighted by molar-refractivity contribution is -0.698. The normalized spacial score (nSPS) is 16.0. The average Bonchev–Trinajstić information content (AvgIpc) is 3.18. The molecule has 1 aromatic carbocycles. The number of pyridine rings is 1. The fourth-order valence-electron chi connectivity index (χ4n) is 3.65. The van der Waals surface area contributed by atoms with Gasteiger partial charge in [0.15, 0.2) is 12.2 Å². The van der Waals surface area contributed by atoms with Gasteiger partial charge in [-0.25, -0.2) is 0 Å². The lowest BCUT2D eigenvalue weighted by Gasteiger charge is -2.32. The molecule has 3 heterocycles. The molecule has 28 heavy (non-hydrogen) atoms. The highest BCUT2D eigenvalue weighted by Gasteiger charge is 2.43. The van der Waals surface area contributed by atoms with E-state index in [1.54, 1.807) is 16.2 Å². The smallest absolute Gasteiger partial charge is 0.290 e. The summed E-state index contributed by atoms with van der Waals surface area (Å²) in [4.78, 5) is 29.1. The van der Waals surface area contributed by atoms with Crippen LogP contribution in [0.3, 0.4) is 0 Å². The van der Waals surface area contributed by atoms with Crippen LogP contribution in [0.2, 0.25) is 0 Å². The molecule has 1 aliphatic heterocycles. The first-order valence-electron chi connectivity index (χ1n) is 9.22. The summed E-state index contributed by atoms with van der Waals surface area (Å²) in [7, 11) is 0. The van der Waals surface area contributed by atoms with Crippen LogP contribution in [0.5, 0.6) is 0 Å². The summed E-state index contributed by atoms with van der Waals surface area (Å²) in [5.74, 6) is -0.249. The lowest BCUT2D eigenvalue weighted by Crippen LogP contribution is -2.57. The molecule has 2 amide bonds. The van der Waals surface area contributed by atoms with Crippen molar-refractivity contribution in [3.8, 4) is 0 Å². The zero-order valence-corrected chi connectivity index (χ0v) is 16.7. The van der Waals surface area contributed by atoms with E-state index in [4.69, 9.17) is 0 Å². The molecule has 0 unspecified atom stereocenters. The molecule has 0 saturated heterocycles. The number of nitrogens with zero attached hydrogens (tertiary/aromatic N) is 2. The van der Waals surface area contributed by atoms with E-state index in [0.29, 0.717) is 6.54 Å². The number of aryl methyl sites for hydroxylation is 2. The van der Waals surface area contributed by atoms with Gasteiger partial charge in [-0.05, 0) is 36.4 Å². The van der Waals surface area contributed by atoms with Gasteiger partial charge in [0.1, 0.15) is 0 Å². The monoisotopic (exact) mass is 392 g/mol. The van der Waals surface area contributed by atoms with Crippen molar-refractivity contribution < 1.29 is 14.2 Å². The Balaban J connectivity index is 1.72. The fraction of sp³-hybridized carbons (Fsp3) is 0.227. The van der Waals surface area contributed by atoms with Crippen molar-refractivity contribution in [1.29, 1.82) is 0 Å². The number of fused-ring (bicyclic) bond motifs is 1. The molecule has 142 valence electrons. The largest absolute Gasteiger partial charge is 0.323 e. The van der Waals surface area contributed by atoms with Crippen LogP contribution in [0.25, 0.3) is 0 Å². The SMILES string of the molecule is Cc1cccc(C)c1NC(=O)[C@@H]1c2cccc[n+]2CC(=O)N1Cc1cccs1. The molecular formula is C22H22N3O2S+. The van der Waals surface area contributed by atoms with Crippen LogP contribution in [0, 0.1) is 13.8 Å². The van der Waals surface area contributed by atoms with E-state index in [1.807, 2.05) is 78.5 Å². The number of carbonyl (C=O) groups excluding carboxylic acids is 2. The number of hydrogen-bond acceptors (Lipinski definition) is 3. The standard InChI is InChI=1S/C22H21N3O2S/c1-15-7-5-8-16(2)20(15)23-22(27)21-18-10-3-4-11-24(18)14-19(26)25(21)13-17-9-6-12-28-17/h3-12,21H,13-14H2,1-2H3/p+1/t21-/m0/s1. The molecule has 1 atom stereocenters. The quantitative estimate of drug-likeness (QED) is 0.692. The molecule has 3 aromatic rings. The van der Waals surface area contributed by atoms with Crippen LogP contribution >= 0.6 is 11.3 Å². The lowest BCUT2D eigenvalue weighted by atomic mass is 10.0. The van der Waals surface area contributed by atoms with Gasteiger partial charge in [0.05, 0.1) is 6.54 Å². The van der Waals surface area contributed by atoms with Crippen molar-refractivity contribution in [3.05, 3.63) is 81.8 Å². The van der Waals surface area contributed by atoms with Gasteiger partial charge in [0.2, 0.25) is 12.2 Å². The second-order valence-corrected chi connectivity index (χ2v) is 8.05. The molecule has 0 aliphatic carbocycles. The van der Waals surface area contributed by atoms with E-state index < -0.39 is 6.04 Å². The van der Waals surface area contributed by atoms with Gasteiger partial charge in [-0.1, -0.05) is 30.3 Å². The summed E-state index contributed by atoms with van der Waals surface area (Å²) < 4.78 is 1.86. The third-order valence-electron chi connectivity index (χ3n) is 5.08. The summed E-state index contributed by atoms with van der Waals surface area (Å²) in [6, 6.07) is 14.9. The third-order valence-corrected chi connectivity index (χ3v) is 5.94. The molecule has 6 heteroatoms. The van der Waals surface area contributed by atoms with E-state index in [1.165, 1.54) is 0 Å². The van der Waals surface area contributed by atoms with Crippen LogP contribution < -0.4 is 9.88 Å². The van der Waals surface area contributed by atoms with E-state index in [2.05, 4.69) is 5.32 Å². The highest BCUT2D eigenvalue weighted by molar-refractivity contribution is 7.09. The maximum Gasteiger partial charge on any atom is 0.290 e. The Bertz CT molecular complexity index is 1010. The van der Waals surface area contributed by atoms with Gasteiger partial charge < -0.3 is 10.2 Å². The van der Waals surface area contributed by atoms with Gasteiger partial charge in [-0.3, -0.25) is 9.59 Å². The molecule has 0 spiro atoms. The number of benzene rings is 1. The highest BCUT2D eigenvalue weighted by atomic mass is 32.1. The summed E-state index contributed by atoms with van der Waals surface area (Å²) >= 11 is 1.59. The van der Waals surface area contributed by atoms with Crippen molar-refractivity contribution >= 4 is 28.8 Å². The molecule has 4 rings (SSSR count). The minimum Gasteiger partial charge on any atom is -0.323 e. The number of aromatic nitrogens is 1. The first-order chi connectivity index (χ1) is 13.5. The number of amides is 2. The van der Waals surface area contributed by atoms with Crippen LogP contribution in [-0.4, -0.2) is 16.7 Å². The van der Waals surface area contributed by atoms with E-state index in [-0.39, 0.29) is 18.4 Å². The van der Waals surface area contributed by atoms with Gasteiger partial charge >= 0.3 is 0 Å². The topological polar surface area (TPSA) is 53.3 Å². The average molecular weight is 393 g/mol. The summed E-state index contributed by atoms with van der Waals surface area (Å²) in [6.45, 7) is 4.62. The number of thiophene rings is 1. The Labute approximate surface area is 168 Å². The molecule has 2 aromatic heterocycles. The van der Waals surface area contributed by atoms with Crippen molar-refractivity contribution in [1.82, 2.24) is 4.90 Å². The van der Waals surface area contributed by atoms with E-state index in [9.17, 15) is 9.59 Å². The number of anilines is 1. The Morgan fingerprint density at radius 2 is 1.93 bits per heavy atom. The summed E-state index contributed by atoms with van der Waals surface area (Å²) in [5, 5.41) is 5.06. The Hall–Kier alpha value is -2.99. The van der Waals surface area contributed by atoms with E-state index in [0.717, 1.165) is 27.4 Å². The molecule has 1 N–H and O–H groups in total. The predicted molar refractivity (Wildman–Crippen MR) is 109 cm³/mol. The third kappa shape index (κ3) is 3.43. The fourth-order valence-corrected chi connectivity index (χ4v) is 4.35. The summed E-state index contributed by atoms with van der Waals surface area (Å²) in [5.41, 5.74) is 3.63. The molecule has 0 bridgehead atoms. The first kappa shape index (κ1) is 18.4. The Morgan fingerprint density at radius 1 is 1.14 bits per heavy atom. The zero-order chi connectivity index (χ0) is 19.7. The van der Waals surface area contributed by atoms with Crippen molar-refractivity contribution in [2.75, 3.05) is 5.32 Å². The molecule has 0 fully saturated rings. The minimum absolute atomic E-state index is 0.0567. The van der Waals surface area contributed by atoms with Crippen molar-refractivity contribution in [2.45, 2.75) is 33.0 Å². The minimum atomic E-state index is -0.677. The summed E-state index contributed by atoms with van der Waals surface area (Å²) in [6.07, 6.45) is 1.86. The maximum absolute atomic E-state index is 13.4. The second kappa shape index (κ2) is 7.56. The van der Waals surface area contributed by atoms with Crippen LogP contribution in [0.15, 0.2) is 60.1 Å². The van der Waals surface area contributed by atoms with Crippen molar-refractivity contribution in [2.24, 2.45) is 0 Å². The Morgan fingerprint density at radius 3 is 2.64 bits per heavy atom. The first-order valence-corrected chi connectivity index (χ1v) is 10.1. The zero-order valence-electron chi connectivity index (χ0n) is 15.9.